The van der Waals surface area contributed by atoms with Gasteiger partial charge in [0.1, 0.15) is 0 Å². The van der Waals surface area contributed by atoms with Gasteiger partial charge in [0, 0.05) is 11.1 Å². The van der Waals surface area contributed by atoms with E-state index in [0.29, 0.717) is 12.5 Å². The second kappa shape index (κ2) is 10.9. The number of hydrogen-bond acceptors (Lipinski definition) is 2. The molecule has 0 spiro atoms. The summed E-state index contributed by atoms with van der Waals surface area (Å²) in [6, 6.07) is 4.87. The third-order valence-electron chi connectivity index (χ3n) is 6.09. The molecule has 0 unspecified atom stereocenters. The Labute approximate surface area is 181 Å². The van der Waals surface area contributed by atoms with Crippen LogP contribution in [0.3, 0.4) is 0 Å². The van der Waals surface area contributed by atoms with Crippen molar-refractivity contribution >= 4 is 0 Å². The van der Waals surface area contributed by atoms with Gasteiger partial charge in [0.15, 0.2) is 23.1 Å². The number of unbranched alkanes of at least 4 members (excludes halogenated alkanes) is 1. The van der Waals surface area contributed by atoms with Crippen LogP contribution in [-0.4, -0.2) is 13.2 Å². The first kappa shape index (κ1) is 23.4. The number of halogens is 4. The lowest BCUT2D eigenvalue weighted by atomic mass is 9.80. The molecule has 1 aliphatic rings. The van der Waals surface area contributed by atoms with Crippen molar-refractivity contribution in [1.82, 2.24) is 0 Å². The minimum absolute atomic E-state index is 0.158. The van der Waals surface area contributed by atoms with Crippen molar-refractivity contribution in [2.75, 3.05) is 13.2 Å². The van der Waals surface area contributed by atoms with Gasteiger partial charge >= 0.3 is 0 Å². The Bertz CT molecular complexity index is 876. The van der Waals surface area contributed by atoms with Gasteiger partial charge < -0.3 is 9.47 Å². The molecule has 31 heavy (non-hydrogen) atoms. The minimum Gasteiger partial charge on any atom is -0.491 e. The van der Waals surface area contributed by atoms with E-state index >= 15 is 0 Å². The molecule has 170 valence electrons. The summed E-state index contributed by atoms with van der Waals surface area (Å²) in [6.45, 7) is 4.31. The summed E-state index contributed by atoms with van der Waals surface area (Å²) in [7, 11) is 0. The van der Waals surface area contributed by atoms with Gasteiger partial charge in [-0.2, -0.15) is 8.78 Å². The SMILES string of the molecule is CCCCC1CCC(COc2ccc(-c3ccc(OCC)c(F)c3F)c(F)c2F)CC1. The summed E-state index contributed by atoms with van der Waals surface area (Å²) in [4.78, 5) is 0. The van der Waals surface area contributed by atoms with Crippen LogP contribution in [0, 0.1) is 35.1 Å². The fourth-order valence-corrected chi connectivity index (χ4v) is 4.25. The molecule has 0 N–H and O–H groups in total. The van der Waals surface area contributed by atoms with Gasteiger partial charge in [-0.05, 0) is 55.9 Å². The van der Waals surface area contributed by atoms with Gasteiger partial charge in [-0.15, -0.1) is 0 Å². The van der Waals surface area contributed by atoms with E-state index in [-0.39, 0.29) is 29.2 Å². The van der Waals surface area contributed by atoms with Crippen molar-refractivity contribution in [2.24, 2.45) is 11.8 Å². The number of hydrogen-bond donors (Lipinski definition) is 0. The molecule has 0 aromatic heterocycles. The van der Waals surface area contributed by atoms with Crippen LogP contribution in [-0.2, 0) is 0 Å². The third kappa shape index (κ3) is 5.52. The average molecular weight is 439 g/mol. The maximum Gasteiger partial charge on any atom is 0.201 e. The number of ether oxygens (including phenoxy) is 2. The maximum absolute atomic E-state index is 14.7. The highest BCUT2D eigenvalue weighted by Gasteiger charge is 2.24. The van der Waals surface area contributed by atoms with E-state index in [0.717, 1.165) is 31.6 Å². The number of benzene rings is 2. The zero-order valence-corrected chi connectivity index (χ0v) is 18.2. The Balaban J connectivity index is 1.67. The summed E-state index contributed by atoms with van der Waals surface area (Å²) >= 11 is 0. The average Bonchev–Trinajstić information content (AvgIpc) is 2.78. The molecule has 3 rings (SSSR count). The molecule has 2 nitrogen and oxygen atoms in total. The van der Waals surface area contributed by atoms with E-state index in [9.17, 15) is 17.6 Å². The van der Waals surface area contributed by atoms with Crippen molar-refractivity contribution < 1.29 is 27.0 Å². The molecule has 0 atom stereocenters. The Morgan fingerprint density at radius 3 is 1.74 bits per heavy atom. The predicted molar refractivity (Wildman–Crippen MR) is 113 cm³/mol. The van der Waals surface area contributed by atoms with E-state index in [1.165, 1.54) is 43.5 Å². The molecule has 0 heterocycles. The minimum atomic E-state index is -1.28. The second-order valence-electron chi connectivity index (χ2n) is 8.25. The molecule has 2 aromatic rings. The first-order valence-electron chi connectivity index (χ1n) is 11.2. The highest BCUT2D eigenvalue weighted by atomic mass is 19.2. The zero-order chi connectivity index (χ0) is 22.4. The van der Waals surface area contributed by atoms with Gasteiger partial charge in [0.2, 0.25) is 11.6 Å². The molecule has 1 aliphatic carbocycles. The quantitative estimate of drug-likeness (QED) is 0.374. The third-order valence-corrected chi connectivity index (χ3v) is 6.09. The molecular formula is C25H30F4O2. The van der Waals surface area contributed by atoms with Gasteiger partial charge in [0.05, 0.1) is 13.2 Å². The molecule has 0 radical (unpaired) electrons. The largest absolute Gasteiger partial charge is 0.491 e. The summed E-state index contributed by atoms with van der Waals surface area (Å²) in [5.41, 5.74) is -0.727. The highest BCUT2D eigenvalue weighted by Crippen LogP contribution is 2.36. The van der Waals surface area contributed by atoms with Gasteiger partial charge in [-0.1, -0.05) is 39.0 Å². The van der Waals surface area contributed by atoms with Crippen LogP contribution < -0.4 is 9.47 Å². The van der Waals surface area contributed by atoms with Crippen LogP contribution >= 0.6 is 0 Å². The topological polar surface area (TPSA) is 18.5 Å². The van der Waals surface area contributed by atoms with E-state index in [4.69, 9.17) is 9.47 Å². The molecule has 0 bridgehead atoms. The van der Waals surface area contributed by atoms with E-state index < -0.39 is 23.3 Å². The summed E-state index contributed by atoms with van der Waals surface area (Å²) < 4.78 is 68.4. The molecule has 0 amide bonds. The van der Waals surface area contributed by atoms with Crippen LogP contribution in [0.2, 0.25) is 0 Å². The van der Waals surface area contributed by atoms with Crippen molar-refractivity contribution in [3.63, 3.8) is 0 Å². The zero-order valence-electron chi connectivity index (χ0n) is 18.2. The summed E-state index contributed by atoms with van der Waals surface area (Å²) in [5.74, 6) is -4.36. The molecule has 0 saturated heterocycles. The van der Waals surface area contributed by atoms with E-state index in [1.807, 2.05) is 0 Å². The van der Waals surface area contributed by atoms with Gasteiger partial charge in [-0.3, -0.25) is 0 Å². The first-order chi connectivity index (χ1) is 15.0. The Hall–Kier alpha value is -2.24. The van der Waals surface area contributed by atoms with Gasteiger partial charge in [-0.25, -0.2) is 8.78 Å². The monoisotopic (exact) mass is 438 g/mol. The lowest BCUT2D eigenvalue weighted by Gasteiger charge is -2.28. The molecule has 1 fully saturated rings. The molecule has 0 aliphatic heterocycles. The second-order valence-corrected chi connectivity index (χ2v) is 8.25. The Morgan fingerprint density at radius 2 is 1.23 bits per heavy atom. The molecule has 6 heteroatoms. The maximum atomic E-state index is 14.7. The van der Waals surface area contributed by atoms with Crippen LogP contribution in [0.15, 0.2) is 24.3 Å². The van der Waals surface area contributed by atoms with Crippen LogP contribution in [0.25, 0.3) is 11.1 Å². The lowest BCUT2D eigenvalue weighted by molar-refractivity contribution is 0.173. The standard InChI is InChI=1S/C25H30F4O2/c1-3-5-6-16-7-9-17(10-8-16)15-31-21-14-12-19(23(27)25(21)29)18-11-13-20(30-4-2)24(28)22(18)26/h11-14,16-17H,3-10,15H2,1-2H3. The van der Waals surface area contributed by atoms with E-state index in [2.05, 4.69) is 6.92 Å². The van der Waals surface area contributed by atoms with Crippen LogP contribution in [0.4, 0.5) is 17.6 Å². The number of rotatable bonds is 9. The smallest absolute Gasteiger partial charge is 0.201 e. The molecule has 2 aromatic carbocycles. The fraction of sp³-hybridized carbons (Fsp3) is 0.520. The van der Waals surface area contributed by atoms with Gasteiger partial charge in [0.25, 0.3) is 0 Å². The summed E-state index contributed by atoms with van der Waals surface area (Å²) in [6.07, 6.45) is 8.05. The highest BCUT2D eigenvalue weighted by molar-refractivity contribution is 5.67. The van der Waals surface area contributed by atoms with E-state index in [1.54, 1.807) is 6.92 Å². The van der Waals surface area contributed by atoms with Crippen LogP contribution in [0.1, 0.15) is 58.8 Å². The van der Waals surface area contributed by atoms with Crippen molar-refractivity contribution in [3.8, 4) is 22.6 Å². The Morgan fingerprint density at radius 1 is 0.710 bits per heavy atom. The molecular weight excluding hydrogens is 408 g/mol. The van der Waals surface area contributed by atoms with Crippen LogP contribution in [0.5, 0.6) is 11.5 Å². The van der Waals surface area contributed by atoms with Crippen molar-refractivity contribution in [3.05, 3.63) is 47.5 Å². The Kier molecular flexibility index (Phi) is 8.22. The normalized spacial score (nSPS) is 18.8. The first-order valence-corrected chi connectivity index (χ1v) is 11.2. The van der Waals surface area contributed by atoms with Crippen molar-refractivity contribution in [1.29, 1.82) is 0 Å². The summed E-state index contributed by atoms with van der Waals surface area (Å²) in [5, 5.41) is 0. The van der Waals surface area contributed by atoms with Crippen molar-refractivity contribution in [2.45, 2.75) is 58.8 Å². The lowest BCUT2D eigenvalue weighted by Crippen LogP contribution is -2.20. The predicted octanol–water partition coefficient (Wildman–Crippen LogP) is 7.68. The molecule has 1 saturated carbocycles. The fourth-order valence-electron chi connectivity index (χ4n) is 4.25.